The molecule has 0 unspecified atom stereocenters. The van der Waals surface area contributed by atoms with Crippen molar-refractivity contribution in [1.29, 1.82) is 5.41 Å². The molecule has 2 nitrogen and oxygen atoms in total. The van der Waals surface area contributed by atoms with E-state index in [9.17, 15) is 5.11 Å². The number of hydrogen-bond acceptors (Lipinski definition) is 2. The molecule has 0 aliphatic carbocycles. The molecule has 88 valence electrons. The van der Waals surface area contributed by atoms with Crippen molar-refractivity contribution in [3.05, 3.63) is 34.9 Å². The Hall–Kier alpha value is -1.15. The van der Waals surface area contributed by atoms with E-state index in [-0.39, 0.29) is 0 Å². The summed E-state index contributed by atoms with van der Waals surface area (Å²) in [7, 11) is 0. The van der Waals surface area contributed by atoms with E-state index in [1.807, 2.05) is 6.07 Å². The van der Waals surface area contributed by atoms with Crippen molar-refractivity contribution < 1.29 is 5.11 Å². The summed E-state index contributed by atoms with van der Waals surface area (Å²) < 4.78 is 0. The van der Waals surface area contributed by atoms with Crippen molar-refractivity contribution in [2.24, 2.45) is 0 Å². The summed E-state index contributed by atoms with van der Waals surface area (Å²) >= 11 is 0. The van der Waals surface area contributed by atoms with Crippen molar-refractivity contribution in [3.63, 3.8) is 0 Å². The Morgan fingerprint density at radius 3 is 2.44 bits per heavy atom. The van der Waals surface area contributed by atoms with Gasteiger partial charge in [-0.15, -0.1) is 0 Å². The molecule has 0 bridgehead atoms. The highest BCUT2D eigenvalue weighted by Gasteiger charge is 2.20. The number of hydrogen-bond donors (Lipinski definition) is 2. The standard InChI is InChI=1S/C14H21NO/c1-10(2)12-6-5-11(7-8-15)13(9-12)14(3,4)16/h5-6,8-10,15-16H,7H2,1-4H3. The molecule has 0 spiro atoms. The molecule has 1 rings (SSSR count). The van der Waals surface area contributed by atoms with Gasteiger partial charge >= 0.3 is 0 Å². The molecule has 1 aromatic rings. The van der Waals surface area contributed by atoms with Crippen LogP contribution in [0.5, 0.6) is 0 Å². The SMILES string of the molecule is CC(C)c1ccc(CC=N)c(C(C)(C)O)c1. The molecule has 1 aromatic carbocycles. The summed E-state index contributed by atoms with van der Waals surface area (Å²) in [4.78, 5) is 0. The highest BCUT2D eigenvalue weighted by molar-refractivity contribution is 5.59. The van der Waals surface area contributed by atoms with E-state index in [4.69, 9.17) is 5.41 Å². The van der Waals surface area contributed by atoms with Crippen LogP contribution in [0.3, 0.4) is 0 Å². The van der Waals surface area contributed by atoms with E-state index >= 15 is 0 Å². The maximum atomic E-state index is 10.1. The Bertz CT molecular complexity index is 375. The molecule has 0 saturated heterocycles. The third-order valence-corrected chi connectivity index (χ3v) is 2.78. The van der Waals surface area contributed by atoms with E-state index < -0.39 is 5.60 Å². The van der Waals surface area contributed by atoms with Crippen LogP contribution in [0.1, 0.15) is 50.3 Å². The largest absolute Gasteiger partial charge is 0.386 e. The van der Waals surface area contributed by atoms with Gasteiger partial charge in [-0.1, -0.05) is 32.0 Å². The summed E-state index contributed by atoms with van der Waals surface area (Å²) in [5.41, 5.74) is 2.35. The second kappa shape index (κ2) is 4.79. The van der Waals surface area contributed by atoms with E-state index in [2.05, 4.69) is 26.0 Å². The third kappa shape index (κ3) is 2.92. The number of aliphatic hydroxyl groups is 1. The lowest BCUT2D eigenvalue weighted by molar-refractivity contribution is 0.0777. The van der Waals surface area contributed by atoms with Gasteiger partial charge in [-0.05, 0) is 42.7 Å². The maximum Gasteiger partial charge on any atom is 0.0843 e. The minimum atomic E-state index is -0.844. The van der Waals surface area contributed by atoms with Crippen LogP contribution < -0.4 is 0 Å². The molecule has 16 heavy (non-hydrogen) atoms. The van der Waals surface area contributed by atoms with Crippen molar-refractivity contribution >= 4 is 6.21 Å². The average Bonchev–Trinajstić information content (AvgIpc) is 2.16. The summed E-state index contributed by atoms with van der Waals surface area (Å²) in [6, 6.07) is 6.16. The van der Waals surface area contributed by atoms with Crippen molar-refractivity contribution in [2.75, 3.05) is 0 Å². The normalized spacial score (nSPS) is 11.9. The van der Waals surface area contributed by atoms with Crippen LogP contribution in [0.4, 0.5) is 0 Å². The third-order valence-electron chi connectivity index (χ3n) is 2.78. The molecule has 0 atom stereocenters. The summed E-state index contributed by atoms with van der Waals surface area (Å²) in [6.07, 6.45) is 1.96. The maximum absolute atomic E-state index is 10.1. The summed E-state index contributed by atoms with van der Waals surface area (Å²) in [5.74, 6) is 0.454. The van der Waals surface area contributed by atoms with Gasteiger partial charge in [0.2, 0.25) is 0 Å². The zero-order chi connectivity index (χ0) is 12.3. The van der Waals surface area contributed by atoms with Gasteiger partial charge in [0.05, 0.1) is 5.60 Å². The van der Waals surface area contributed by atoms with Gasteiger partial charge in [0.25, 0.3) is 0 Å². The first-order chi connectivity index (χ1) is 7.36. The second-order valence-electron chi connectivity index (χ2n) is 5.04. The van der Waals surface area contributed by atoms with Crippen molar-refractivity contribution in [3.8, 4) is 0 Å². The predicted octanol–water partition coefficient (Wildman–Crippen LogP) is 3.23. The molecule has 0 aliphatic rings. The number of benzene rings is 1. The summed E-state index contributed by atoms with van der Waals surface area (Å²) in [5, 5.41) is 17.3. The molecule has 0 aromatic heterocycles. The Kier molecular flexibility index (Phi) is 3.87. The Morgan fingerprint density at radius 1 is 1.38 bits per heavy atom. The Balaban J connectivity index is 3.26. The first-order valence-corrected chi connectivity index (χ1v) is 5.71. The minimum Gasteiger partial charge on any atom is -0.386 e. The summed E-state index contributed by atoms with van der Waals surface area (Å²) in [6.45, 7) is 7.86. The van der Waals surface area contributed by atoms with Crippen molar-refractivity contribution in [2.45, 2.75) is 45.6 Å². The van der Waals surface area contributed by atoms with E-state index in [0.717, 1.165) is 11.1 Å². The smallest absolute Gasteiger partial charge is 0.0843 e. The van der Waals surface area contributed by atoms with Crippen LogP contribution in [0, 0.1) is 5.41 Å². The molecule has 2 heteroatoms. The monoisotopic (exact) mass is 219 g/mol. The number of nitrogens with one attached hydrogen (secondary N) is 1. The lowest BCUT2D eigenvalue weighted by atomic mass is 9.88. The van der Waals surface area contributed by atoms with Gasteiger partial charge in [-0.25, -0.2) is 0 Å². The predicted molar refractivity (Wildman–Crippen MR) is 68.3 cm³/mol. The molecule has 0 radical (unpaired) electrons. The van der Waals surface area contributed by atoms with Crippen LogP contribution in [0.25, 0.3) is 0 Å². The number of rotatable bonds is 4. The molecule has 2 N–H and O–H groups in total. The molecular weight excluding hydrogens is 198 g/mol. The Morgan fingerprint density at radius 2 is 2.00 bits per heavy atom. The van der Waals surface area contributed by atoms with Crippen LogP contribution in [-0.4, -0.2) is 11.3 Å². The molecular formula is C14H21NO. The molecule has 0 amide bonds. The second-order valence-corrected chi connectivity index (χ2v) is 5.04. The van der Waals surface area contributed by atoms with Gasteiger partial charge in [-0.2, -0.15) is 0 Å². The fraction of sp³-hybridized carbons (Fsp3) is 0.500. The van der Waals surface area contributed by atoms with Gasteiger partial charge in [0.1, 0.15) is 0 Å². The van der Waals surface area contributed by atoms with Crippen LogP contribution in [-0.2, 0) is 12.0 Å². The molecule has 0 fully saturated rings. The van der Waals surface area contributed by atoms with Gasteiger partial charge in [0, 0.05) is 6.42 Å². The Labute approximate surface area is 97.8 Å². The highest BCUT2D eigenvalue weighted by Crippen LogP contribution is 2.27. The first-order valence-electron chi connectivity index (χ1n) is 5.71. The van der Waals surface area contributed by atoms with E-state index in [1.165, 1.54) is 11.8 Å². The van der Waals surface area contributed by atoms with Gasteiger partial charge in [-0.3, -0.25) is 0 Å². The fourth-order valence-electron chi connectivity index (χ4n) is 1.81. The quantitative estimate of drug-likeness (QED) is 0.750. The highest BCUT2D eigenvalue weighted by atomic mass is 16.3. The van der Waals surface area contributed by atoms with Crippen LogP contribution in [0.2, 0.25) is 0 Å². The van der Waals surface area contributed by atoms with Crippen LogP contribution in [0.15, 0.2) is 18.2 Å². The van der Waals surface area contributed by atoms with Gasteiger partial charge in [0.15, 0.2) is 0 Å². The minimum absolute atomic E-state index is 0.454. The van der Waals surface area contributed by atoms with E-state index in [0.29, 0.717) is 12.3 Å². The molecule has 0 saturated carbocycles. The topological polar surface area (TPSA) is 44.1 Å². The van der Waals surface area contributed by atoms with E-state index in [1.54, 1.807) is 13.8 Å². The fourth-order valence-corrected chi connectivity index (χ4v) is 1.81. The lowest BCUT2D eigenvalue weighted by Gasteiger charge is -2.23. The molecule has 0 aliphatic heterocycles. The average molecular weight is 219 g/mol. The van der Waals surface area contributed by atoms with Gasteiger partial charge < -0.3 is 10.5 Å². The lowest BCUT2D eigenvalue weighted by Crippen LogP contribution is -2.18. The zero-order valence-corrected chi connectivity index (χ0v) is 10.5. The zero-order valence-electron chi connectivity index (χ0n) is 10.5. The van der Waals surface area contributed by atoms with Crippen LogP contribution >= 0.6 is 0 Å². The molecule has 0 heterocycles. The van der Waals surface area contributed by atoms with Crippen molar-refractivity contribution in [1.82, 2.24) is 0 Å². The first kappa shape index (κ1) is 12.9.